The Morgan fingerprint density at radius 1 is 1.50 bits per heavy atom. The zero-order valence-electron chi connectivity index (χ0n) is 8.32. The van der Waals surface area contributed by atoms with E-state index >= 15 is 0 Å². The minimum atomic E-state index is -4.53. The van der Waals surface area contributed by atoms with Crippen molar-refractivity contribution in [1.29, 1.82) is 0 Å². The van der Waals surface area contributed by atoms with Crippen LogP contribution in [-0.2, 0) is 11.0 Å². The standard InChI is InChI=1S/C9H9F3N2O2/c1-14(5-8(15)16)7-4-2-3-6(13-7)9(10,11)12/h2-4H,5H2,1H3,(H,15,16). The van der Waals surface area contributed by atoms with Crippen molar-refractivity contribution in [2.24, 2.45) is 0 Å². The number of pyridine rings is 1. The van der Waals surface area contributed by atoms with Crippen LogP contribution >= 0.6 is 0 Å². The zero-order valence-corrected chi connectivity index (χ0v) is 8.32. The molecule has 0 aromatic carbocycles. The van der Waals surface area contributed by atoms with Gasteiger partial charge in [-0.2, -0.15) is 13.2 Å². The van der Waals surface area contributed by atoms with Gasteiger partial charge in [0.25, 0.3) is 0 Å². The van der Waals surface area contributed by atoms with Gasteiger partial charge in [0.1, 0.15) is 18.1 Å². The Morgan fingerprint density at radius 3 is 2.62 bits per heavy atom. The molecule has 1 heterocycles. The number of alkyl halides is 3. The monoisotopic (exact) mass is 234 g/mol. The molecule has 1 aromatic heterocycles. The van der Waals surface area contributed by atoms with Crippen LogP contribution in [0, 0.1) is 0 Å². The number of hydrogen-bond acceptors (Lipinski definition) is 3. The topological polar surface area (TPSA) is 53.4 Å². The molecule has 0 saturated heterocycles. The molecular formula is C9H9F3N2O2. The van der Waals surface area contributed by atoms with Crippen LogP contribution in [0.15, 0.2) is 18.2 Å². The number of halogens is 3. The molecule has 0 fully saturated rings. The number of anilines is 1. The van der Waals surface area contributed by atoms with Crippen LogP contribution in [0.2, 0.25) is 0 Å². The Labute approximate surface area is 89.3 Å². The SMILES string of the molecule is CN(CC(=O)O)c1cccc(C(F)(F)F)n1. The van der Waals surface area contributed by atoms with Crippen LogP contribution < -0.4 is 4.90 Å². The van der Waals surface area contributed by atoms with Gasteiger partial charge in [-0.05, 0) is 12.1 Å². The van der Waals surface area contributed by atoms with Gasteiger partial charge < -0.3 is 10.0 Å². The number of aliphatic carboxylic acids is 1. The lowest BCUT2D eigenvalue weighted by Gasteiger charge is -2.16. The highest BCUT2D eigenvalue weighted by atomic mass is 19.4. The van der Waals surface area contributed by atoms with E-state index in [-0.39, 0.29) is 5.82 Å². The second-order valence-electron chi connectivity index (χ2n) is 3.13. The Kier molecular flexibility index (Phi) is 3.36. The van der Waals surface area contributed by atoms with Gasteiger partial charge in [0, 0.05) is 7.05 Å². The first kappa shape index (κ1) is 12.3. The Balaban J connectivity index is 2.94. The van der Waals surface area contributed by atoms with Crippen LogP contribution in [0.1, 0.15) is 5.69 Å². The van der Waals surface area contributed by atoms with E-state index in [1.807, 2.05) is 0 Å². The van der Waals surface area contributed by atoms with Crippen LogP contribution in [0.25, 0.3) is 0 Å². The quantitative estimate of drug-likeness (QED) is 0.863. The van der Waals surface area contributed by atoms with E-state index in [0.29, 0.717) is 0 Å². The summed E-state index contributed by atoms with van der Waals surface area (Å²) in [7, 11) is 1.36. The van der Waals surface area contributed by atoms with E-state index in [2.05, 4.69) is 4.98 Å². The molecule has 88 valence electrons. The third-order valence-corrected chi connectivity index (χ3v) is 1.79. The second kappa shape index (κ2) is 4.38. The molecule has 0 unspecified atom stereocenters. The number of aromatic nitrogens is 1. The Bertz CT molecular complexity index is 393. The molecular weight excluding hydrogens is 225 g/mol. The van der Waals surface area contributed by atoms with Crippen molar-refractivity contribution in [3.8, 4) is 0 Å². The second-order valence-corrected chi connectivity index (χ2v) is 3.13. The molecule has 1 N–H and O–H groups in total. The predicted molar refractivity (Wildman–Crippen MR) is 50.1 cm³/mol. The van der Waals surface area contributed by atoms with Gasteiger partial charge in [0.15, 0.2) is 0 Å². The Hall–Kier alpha value is -1.79. The third kappa shape index (κ3) is 3.11. The molecule has 0 spiro atoms. The fourth-order valence-corrected chi connectivity index (χ4v) is 1.08. The maximum Gasteiger partial charge on any atom is 0.433 e. The molecule has 0 aliphatic rings. The van der Waals surface area contributed by atoms with Gasteiger partial charge >= 0.3 is 12.1 Å². The lowest BCUT2D eigenvalue weighted by molar-refractivity contribution is -0.141. The normalized spacial score (nSPS) is 11.2. The Morgan fingerprint density at radius 2 is 2.12 bits per heavy atom. The van der Waals surface area contributed by atoms with Crippen LogP contribution in [-0.4, -0.2) is 29.7 Å². The summed E-state index contributed by atoms with van der Waals surface area (Å²) in [5, 5.41) is 8.48. The summed E-state index contributed by atoms with van der Waals surface area (Å²) in [5.41, 5.74) is -1.04. The summed E-state index contributed by atoms with van der Waals surface area (Å²) < 4.78 is 36.9. The first-order valence-electron chi connectivity index (χ1n) is 4.28. The van der Waals surface area contributed by atoms with Crippen molar-refractivity contribution in [3.63, 3.8) is 0 Å². The van der Waals surface area contributed by atoms with Crippen LogP contribution in [0.3, 0.4) is 0 Å². The van der Waals surface area contributed by atoms with Gasteiger partial charge in [-0.15, -0.1) is 0 Å². The van der Waals surface area contributed by atoms with Crippen LogP contribution in [0.4, 0.5) is 19.0 Å². The summed E-state index contributed by atoms with van der Waals surface area (Å²) in [6.07, 6.45) is -4.53. The summed E-state index contributed by atoms with van der Waals surface area (Å²) >= 11 is 0. The van der Waals surface area contributed by atoms with Gasteiger partial charge in [0.2, 0.25) is 0 Å². The van der Waals surface area contributed by atoms with E-state index in [1.54, 1.807) is 0 Å². The zero-order chi connectivity index (χ0) is 12.3. The molecule has 0 aliphatic heterocycles. The lowest BCUT2D eigenvalue weighted by Crippen LogP contribution is -2.26. The average Bonchev–Trinajstić information content (AvgIpc) is 2.15. The summed E-state index contributed by atoms with van der Waals surface area (Å²) in [4.78, 5) is 14.8. The highest BCUT2D eigenvalue weighted by Gasteiger charge is 2.32. The summed E-state index contributed by atoms with van der Waals surface area (Å²) in [5.74, 6) is -1.17. The number of carboxylic acid groups (broad SMARTS) is 1. The molecule has 1 aromatic rings. The van der Waals surface area contributed by atoms with Crippen molar-refractivity contribution in [2.75, 3.05) is 18.5 Å². The number of carboxylic acids is 1. The maximum absolute atomic E-state index is 12.3. The molecule has 0 atom stereocenters. The molecule has 0 aliphatic carbocycles. The van der Waals surface area contributed by atoms with Gasteiger partial charge in [0.05, 0.1) is 0 Å². The van der Waals surface area contributed by atoms with Gasteiger partial charge in [-0.25, -0.2) is 4.98 Å². The van der Waals surface area contributed by atoms with Crippen molar-refractivity contribution < 1.29 is 23.1 Å². The molecule has 1 rings (SSSR count). The first-order valence-corrected chi connectivity index (χ1v) is 4.28. The van der Waals surface area contributed by atoms with Crippen molar-refractivity contribution in [3.05, 3.63) is 23.9 Å². The van der Waals surface area contributed by atoms with Crippen molar-refractivity contribution >= 4 is 11.8 Å². The molecule has 4 nitrogen and oxygen atoms in total. The van der Waals surface area contributed by atoms with E-state index in [9.17, 15) is 18.0 Å². The first-order chi connectivity index (χ1) is 7.30. The summed E-state index contributed by atoms with van der Waals surface area (Å²) in [6, 6.07) is 3.33. The average molecular weight is 234 g/mol. The minimum Gasteiger partial charge on any atom is -0.480 e. The molecule has 0 radical (unpaired) electrons. The van der Waals surface area contributed by atoms with E-state index < -0.39 is 24.4 Å². The molecule has 0 bridgehead atoms. The maximum atomic E-state index is 12.3. The fraction of sp³-hybridized carbons (Fsp3) is 0.333. The predicted octanol–water partition coefficient (Wildman–Crippen LogP) is 1.62. The minimum absolute atomic E-state index is 0.0303. The number of rotatable bonds is 3. The highest BCUT2D eigenvalue weighted by molar-refractivity contribution is 5.72. The number of nitrogens with zero attached hydrogens (tertiary/aromatic N) is 2. The van der Waals surface area contributed by atoms with E-state index in [0.717, 1.165) is 11.0 Å². The number of likely N-dealkylation sites (N-methyl/N-ethyl adjacent to an activating group) is 1. The van der Waals surface area contributed by atoms with Gasteiger partial charge in [-0.1, -0.05) is 6.07 Å². The molecule has 16 heavy (non-hydrogen) atoms. The molecule has 7 heteroatoms. The third-order valence-electron chi connectivity index (χ3n) is 1.79. The van der Waals surface area contributed by atoms with Crippen molar-refractivity contribution in [2.45, 2.75) is 6.18 Å². The smallest absolute Gasteiger partial charge is 0.433 e. The van der Waals surface area contributed by atoms with E-state index in [1.165, 1.54) is 19.2 Å². The number of carbonyl (C=O) groups is 1. The van der Waals surface area contributed by atoms with Gasteiger partial charge in [-0.3, -0.25) is 4.79 Å². The van der Waals surface area contributed by atoms with Crippen molar-refractivity contribution in [1.82, 2.24) is 4.98 Å². The molecule has 0 saturated carbocycles. The van der Waals surface area contributed by atoms with Crippen LogP contribution in [0.5, 0.6) is 0 Å². The largest absolute Gasteiger partial charge is 0.480 e. The highest BCUT2D eigenvalue weighted by Crippen LogP contribution is 2.28. The number of hydrogen-bond donors (Lipinski definition) is 1. The summed E-state index contributed by atoms with van der Waals surface area (Å²) in [6.45, 7) is -0.408. The fourth-order valence-electron chi connectivity index (χ4n) is 1.08. The van der Waals surface area contributed by atoms with E-state index in [4.69, 9.17) is 5.11 Å². The lowest BCUT2D eigenvalue weighted by atomic mass is 10.3. The molecule has 0 amide bonds.